The third-order valence-electron chi connectivity index (χ3n) is 2.51. The van der Waals surface area contributed by atoms with E-state index in [1.54, 1.807) is 12.1 Å². The molecule has 17 heavy (non-hydrogen) atoms. The van der Waals surface area contributed by atoms with Gasteiger partial charge in [0.25, 0.3) is 0 Å². The Balaban J connectivity index is 2.80. The van der Waals surface area contributed by atoms with Crippen LogP contribution in [0.25, 0.3) is 0 Å². The SMILES string of the molecule is CCOc1nc(N[C@H](CO)C(C)C)ccc1N. The number of nitrogens with zero attached hydrogens (tertiary/aromatic N) is 1. The highest BCUT2D eigenvalue weighted by molar-refractivity contribution is 5.53. The number of hydrogen-bond acceptors (Lipinski definition) is 5. The molecule has 0 amide bonds. The highest BCUT2D eigenvalue weighted by atomic mass is 16.5. The predicted octanol–water partition coefficient (Wildman–Crippen LogP) is 1.49. The lowest BCUT2D eigenvalue weighted by molar-refractivity contribution is 0.249. The third kappa shape index (κ3) is 3.78. The Morgan fingerprint density at radius 3 is 2.71 bits per heavy atom. The summed E-state index contributed by atoms with van der Waals surface area (Å²) in [6.45, 7) is 6.54. The number of pyridine rings is 1. The van der Waals surface area contributed by atoms with Gasteiger partial charge in [-0.3, -0.25) is 0 Å². The molecule has 0 saturated carbocycles. The van der Waals surface area contributed by atoms with E-state index in [1.807, 2.05) is 20.8 Å². The van der Waals surface area contributed by atoms with Crippen molar-refractivity contribution in [1.29, 1.82) is 0 Å². The normalized spacial score (nSPS) is 12.5. The highest BCUT2D eigenvalue weighted by Gasteiger charge is 2.13. The van der Waals surface area contributed by atoms with Crippen LogP contribution < -0.4 is 15.8 Å². The third-order valence-corrected chi connectivity index (χ3v) is 2.51. The zero-order valence-electron chi connectivity index (χ0n) is 10.6. The second-order valence-corrected chi connectivity index (χ2v) is 4.20. The zero-order valence-corrected chi connectivity index (χ0v) is 10.6. The summed E-state index contributed by atoms with van der Waals surface area (Å²) in [5.74, 6) is 1.41. The number of anilines is 2. The van der Waals surface area contributed by atoms with E-state index in [9.17, 15) is 5.11 Å². The molecule has 1 rings (SSSR count). The van der Waals surface area contributed by atoms with Crippen molar-refractivity contribution in [3.05, 3.63) is 12.1 Å². The van der Waals surface area contributed by atoms with Gasteiger partial charge in [0.1, 0.15) is 5.82 Å². The van der Waals surface area contributed by atoms with Gasteiger partial charge < -0.3 is 20.9 Å². The lowest BCUT2D eigenvalue weighted by atomic mass is 10.1. The maximum atomic E-state index is 9.24. The molecule has 5 nitrogen and oxygen atoms in total. The molecule has 1 aromatic heterocycles. The Kier molecular flexibility index (Phi) is 5.03. The van der Waals surface area contributed by atoms with E-state index in [2.05, 4.69) is 10.3 Å². The second-order valence-electron chi connectivity index (χ2n) is 4.20. The highest BCUT2D eigenvalue weighted by Crippen LogP contribution is 2.21. The number of nitrogen functional groups attached to an aromatic ring is 1. The van der Waals surface area contributed by atoms with Gasteiger partial charge in [0.2, 0.25) is 5.88 Å². The number of hydrogen-bond donors (Lipinski definition) is 3. The van der Waals surface area contributed by atoms with Crippen molar-refractivity contribution < 1.29 is 9.84 Å². The van der Waals surface area contributed by atoms with Gasteiger partial charge in [-0.15, -0.1) is 0 Å². The molecule has 0 spiro atoms. The fraction of sp³-hybridized carbons (Fsp3) is 0.583. The molecule has 0 aliphatic carbocycles. The Hall–Kier alpha value is -1.49. The molecule has 0 aliphatic heterocycles. The molecule has 96 valence electrons. The molecule has 0 radical (unpaired) electrons. The van der Waals surface area contributed by atoms with E-state index in [4.69, 9.17) is 10.5 Å². The molecule has 0 bridgehead atoms. The number of rotatable bonds is 6. The topological polar surface area (TPSA) is 80.4 Å². The largest absolute Gasteiger partial charge is 0.476 e. The molecule has 0 aliphatic rings. The number of aliphatic hydroxyl groups excluding tert-OH is 1. The monoisotopic (exact) mass is 239 g/mol. The fourth-order valence-corrected chi connectivity index (χ4v) is 1.40. The van der Waals surface area contributed by atoms with Crippen molar-refractivity contribution in [1.82, 2.24) is 4.98 Å². The number of nitrogens with one attached hydrogen (secondary N) is 1. The minimum absolute atomic E-state index is 0.0272. The predicted molar refractivity (Wildman–Crippen MR) is 69.2 cm³/mol. The Morgan fingerprint density at radius 2 is 2.18 bits per heavy atom. The molecule has 4 N–H and O–H groups in total. The van der Waals surface area contributed by atoms with Gasteiger partial charge in [-0.05, 0) is 25.0 Å². The Bertz CT molecular complexity index is 356. The van der Waals surface area contributed by atoms with Crippen molar-refractivity contribution >= 4 is 11.5 Å². The summed E-state index contributed by atoms with van der Waals surface area (Å²) in [6, 6.07) is 3.50. The quantitative estimate of drug-likeness (QED) is 0.701. The summed E-state index contributed by atoms with van der Waals surface area (Å²) in [4.78, 5) is 4.26. The second kappa shape index (κ2) is 6.30. The van der Waals surface area contributed by atoms with Crippen LogP contribution >= 0.6 is 0 Å². The summed E-state index contributed by atoms with van der Waals surface area (Å²) < 4.78 is 5.31. The van der Waals surface area contributed by atoms with Gasteiger partial charge in [0.15, 0.2) is 0 Å². The Labute approximate surface area is 102 Å². The maximum absolute atomic E-state index is 9.24. The first-order valence-corrected chi connectivity index (χ1v) is 5.85. The first-order valence-electron chi connectivity index (χ1n) is 5.85. The van der Waals surface area contributed by atoms with Crippen LogP contribution in [-0.2, 0) is 0 Å². The van der Waals surface area contributed by atoms with E-state index in [0.29, 0.717) is 29.9 Å². The Morgan fingerprint density at radius 1 is 1.47 bits per heavy atom. The van der Waals surface area contributed by atoms with Crippen LogP contribution in [0.4, 0.5) is 11.5 Å². The van der Waals surface area contributed by atoms with Gasteiger partial charge in [0, 0.05) is 0 Å². The summed E-state index contributed by atoms with van der Waals surface area (Å²) >= 11 is 0. The molecule has 5 heteroatoms. The average Bonchev–Trinajstić information content (AvgIpc) is 2.30. The van der Waals surface area contributed by atoms with Crippen LogP contribution in [0.2, 0.25) is 0 Å². The summed E-state index contributed by atoms with van der Waals surface area (Å²) in [7, 11) is 0. The first kappa shape index (κ1) is 13.6. The molecule has 1 atom stereocenters. The van der Waals surface area contributed by atoms with Crippen molar-refractivity contribution in [3.63, 3.8) is 0 Å². The van der Waals surface area contributed by atoms with Crippen molar-refractivity contribution in [2.24, 2.45) is 5.92 Å². The molecule has 0 aromatic carbocycles. The van der Waals surface area contributed by atoms with Gasteiger partial charge in [-0.2, -0.15) is 4.98 Å². The van der Waals surface area contributed by atoms with Crippen molar-refractivity contribution in [3.8, 4) is 5.88 Å². The van der Waals surface area contributed by atoms with Crippen LogP contribution in [0, 0.1) is 5.92 Å². The molecule has 1 heterocycles. The van der Waals surface area contributed by atoms with Crippen LogP contribution in [0.15, 0.2) is 12.1 Å². The lowest BCUT2D eigenvalue weighted by Gasteiger charge is -2.21. The molecule has 0 saturated heterocycles. The van der Waals surface area contributed by atoms with Crippen LogP contribution in [-0.4, -0.2) is 29.3 Å². The number of aromatic nitrogens is 1. The maximum Gasteiger partial charge on any atom is 0.239 e. The molecular formula is C12H21N3O2. The van der Waals surface area contributed by atoms with Crippen molar-refractivity contribution in [2.75, 3.05) is 24.3 Å². The minimum atomic E-state index is -0.0272. The van der Waals surface area contributed by atoms with Crippen LogP contribution in [0.1, 0.15) is 20.8 Å². The fourth-order valence-electron chi connectivity index (χ4n) is 1.40. The van der Waals surface area contributed by atoms with Crippen LogP contribution in [0.5, 0.6) is 5.88 Å². The van der Waals surface area contributed by atoms with E-state index in [-0.39, 0.29) is 12.6 Å². The number of ether oxygens (including phenoxy) is 1. The number of nitrogens with two attached hydrogens (primary N) is 1. The van der Waals surface area contributed by atoms with E-state index < -0.39 is 0 Å². The minimum Gasteiger partial charge on any atom is -0.476 e. The summed E-state index contributed by atoms with van der Waals surface area (Å²) in [6.07, 6.45) is 0. The summed E-state index contributed by atoms with van der Waals surface area (Å²) in [5, 5.41) is 12.4. The molecule has 0 unspecified atom stereocenters. The number of aliphatic hydroxyl groups is 1. The summed E-state index contributed by atoms with van der Waals surface area (Å²) in [5.41, 5.74) is 6.25. The zero-order chi connectivity index (χ0) is 12.8. The van der Waals surface area contributed by atoms with Crippen LogP contribution in [0.3, 0.4) is 0 Å². The molecular weight excluding hydrogens is 218 g/mol. The molecule has 1 aromatic rings. The first-order chi connectivity index (χ1) is 8.08. The lowest BCUT2D eigenvalue weighted by Crippen LogP contribution is -2.29. The van der Waals surface area contributed by atoms with E-state index >= 15 is 0 Å². The van der Waals surface area contributed by atoms with Gasteiger partial charge in [0.05, 0.1) is 24.9 Å². The van der Waals surface area contributed by atoms with Gasteiger partial charge in [-0.1, -0.05) is 13.8 Å². The average molecular weight is 239 g/mol. The van der Waals surface area contributed by atoms with E-state index in [0.717, 1.165) is 0 Å². The van der Waals surface area contributed by atoms with Gasteiger partial charge >= 0.3 is 0 Å². The van der Waals surface area contributed by atoms with Gasteiger partial charge in [-0.25, -0.2) is 0 Å². The molecule has 0 fully saturated rings. The van der Waals surface area contributed by atoms with E-state index in [1.165, 1.54) is 0 Å². The standard InChI is InChI=1S/C12H21N3O2/c1-4-17-12-9(13)5-6-11(15-12)14-10(7-16)8(2)3/h5-6,8,10,16H,4,7,13H2,1-3H3,(H,14,15)/t10-/m1/s1. The smallest absolute Gasteiger partial charge is 0.239 e. The van der Waals surface area contributed by atoms with Crippen molar-refractivity contribution in [2.45, 2.75) is 26.8 Å².